The lowest BCUT2D eigenvalue weighted by atomic mass is 9.75. The van der Waals surface area contributed by atoms with E-state index in [0.717, 1.165) is 30.3 Å². The van der Waals surface area contributed by atoms with Crippen molar-refractivity contribution in [1.29, 1.82) is 0 Å². The Labute approximate surface area is 119 Å². The first-order valence-corrected chi connectivity index (χ1v) is 8.68. The molecular weight excluding hydrogens is 234 g/mol. The van der Waals surface area contributed by atoms with Gasteiger partial charge in [-0.3, -0.25) is 4.90 Å². The average molecular weight is 267 g/mol. The number of aliphatic hydroxyl groups excluding tert-OH is 1. The third-order valence-corrected chi connectivity index (χ3v) is 5.59. The Kier molecular flexibility index (Phi) is 6.15. The van der Waals surface area contributed by atoms with Crippen molar-refractivity contribution < 1.29 is 5.11 Å². The first kappa shape index (κ1) is 15.3. The van der Waals surface area contributed by atoms with Crippen LogP contribution in [0.4, 0.5) is 0 Å². The minimum Gasteiger partial charge on any atom is -0.396 e. The highest BCUT2D eigenvalue weighted by Gasteiger charge is 2.43. The number of fused-ring (bicyclic) bond motifs is 1. The molecule has 19 heavy (non-hydrogen) atoms. The molecule has 0 aromatic heterocycles. The molecule has 0 aromatic rings. The zero-order valence-corrected chi connectivity index (χ0v) is 13.0. The molecule has 0 saturated carbocycles. The maximum Gasteiger partial charge on any atom is 0.0434 e. The van der Waals surface area contributed by atoms with Crippen molar-refractivity contribution in [3.05, 3.63) is 0 Å². The highest BCUT2D eigenvalue weighted by Crippen LogP contribution is 2.42. The molecule has 2 fully saturated rings. The third kappa shape index (κ3) is 3.52. The van der Waals surface area contributed by atoms with Gasteiger partial charge in [-0.25, -0.2) is 0 Å². The van der Waals surface area contributed by atoms with Crippen LogP contribution < -0.4 is 0 Å². The van der Waals surface area contributed by atoms with Gasteiger partial charge in [-0.15, -0.1) is 0 Å². The number of hydrogen-bond donors (Lipinski definition) is 1. The van der Waals surface area contributed by atoms with E-state index in [9.17, 15) is 5.11 Å². The first-order valence-electron chi connectivity index (χ1n) is 8.68. The summed E-state index contributed by atoms with van der Waals surface area (Å²) in [5.41, 5.74) is 0. The van der Waals surface area contributed by atoms with Gasteiger partial charge in [0.1, 0.15) is 0 Å². The zero-order valence-electron chi connectivity index (χ0n) is 13.0. The monoisotopic (exact) mass is 267 g/mol. The lowest BCUT2D eigenvalue weighted by Gasteiger charge is -2.47. The number of unbranched alkanes of at least 4 members (excludes halogenated alkanes) is 2. The van der Waals surface area contributed by atoms with Crippen molar-refractivity contribution >= 4 is 0 Å². The quantitative estimate of drug-likeness (QED) is 0.709. The summed E-state index contributed by atoms with van der Waals surface area (Å²) in [5.74, 6) is 1.64. The van der Waals surface area contributed by atoms with Gasteiger partial charge in [-0.2, -0.15) is 0 Å². The van der Waals surface area contributed by atoms with Gasteiger partial charge in [0.15, 0.2) is 0 Å². The molecule has 4 atom stereocenters. The van der Waals surface area contributed by atoms with Crippen molar-refractivity contribution in [2.45, 2.75) is 83.7 Å². The smallest absolute Gasteiger partial charge is 0.0434 e. The second kappa shape index (κ2) is 7.64. The molecule has 0 spiro atoms. The van der Waals surface area contributed by atoms with E-state index in [2.05, 4.69) is 18.7 Å². The fourth-order valence-corrected chi connectivity index (χ4v) is 4.63. The van der Waals surface area contributed by atoms with E-state index in [4.69, 9.17) is 0 Å². The molecule has 2 heterocycles. The van der Waals surface area contributed by atoms with Crippen LogP contribution in [0.1, 0.15) is 71.6 Å². The van der Waals surface area contributed by atoms with Crippen molar-refractivity contribution in [1.82, 2.24) is 4.90 Å². The van der Waals surface area contributed by atoms with Crippen molar-refractivity contribution in [3.63, 3.8) is 0 Å². The van der Waals surface area contributed by atoms with Gasteiger partial charge in [-0.1, -0.05) is 39.5 Å². The number of hydrogen-bond acceptors (Lipinski definition) is 2. The van der Waals surface area contributed by atoms with Gasteiger partial charge < -0.3 is 5.11 Å². The molecule has 2 unspecified atom stereocenters. The Balaban J connectivity index is 2.00. The molecule has 2 heteroatoms. The van der Waals surface area contributed by atoms with Crippen LogP contribution in [0.5, 0.6) is 0 Å². The Morgan fingerprint density at radius 1 is 1.11 bits per heavy atom. The minimum absolute atomic E-state index is 0.381. The average Bonchev–Trinajstić information content (AvgIpc) is 2.90. The van der Waals surface area contributed by atoms with Crippen LogP contribution in [0.25, 0.3) is 0 Å². The zero-order chi connectivity index (χ0) is 13.7. The van der Waals surface area contributed by atoms with E-state index >= 15 is 0 Å². The standard InChI is InChI=1S/C17H33NO/c1-3-5-6-8-16-14(4-2)13-15(10-12-19)17-9-7-11-18(16)17/h14-17,19H,3-13H2,1-2H3/t14?,15?,16-,17-/m0/s1. The largest absolute Gasteiger partial charge is 0.396 e. The topological polar surface area (TPSA) is 23.5 Å². The molecule has 0 bridgehead atoms. The molecule has 0 aliphatic carbocycles. The highest BCUT2D eigenvalue weighted by atomic mass is 16.3. The maximum atomic E-state index is 9.32. The van der Waals surface area contributed by atoms with Crippen LogP contribution in [0.3, 0.4) is 0 Å². The normalized spacial score (nSPS) is 35.5. The fourth-order valence-electron chi connectivity index (χ4n) is 4.63. The number of piperidine rings is 1. The van der Waals surface area contributed by atoms with Gasteiger partial charge in [0.25, 0.3) is 0 Å². The Morgan fingerprint density at radius 3 is 2.63 bits per heavy atom. The molecule has 2 aliphatic heterocycles. The number of rotatable bonds is 7. The summed E-state index contributed by atoms with van der Waals surface area (Å²) < 4.78 is 0. The van der Waals surface area contributed by atoms with Gasteiger partial charge in [0.05, 0.1) is 0 Å². The molecule has 1 N–H and O–H groups in total. The Hall–Kier alpha value is -0.0800. The van der Waals surface area contributed by atoms with Crippen LogP contribution in [-0.2, 0) is 0 Å². The van der Waals surface area contributed by atoms with Crippen molar-refractivity contribution in [2.24, 2.45) is 11.8 Å². The predicted molar refractivity (Wildman–Crippen MR) is 81.2 cm³/mol. The molecule has 2 nitrogen and oxygen atoms in total. The third-order valence-electron chi connectivity index (χ3n) is 5.59. The van der Waals surface area contributed by atoms with Crippen molar-refractivity contribution in [2.75, 3.05) is 13.2 Å². The Morgan fingerprint density at radius 2 is 1.95 bits per heavy atom. The summed E-state index contributed by atoms with van der Waals surface area (Å²) in [5, 5.41) is 9.32. The summed E-state index contributed by atoms with van der Waals surface area (Å²) in [4.78, 5) is 2.84. The molecule has 2 saturated heterocycles. The van der Waals surface area contributed by atoms with E-state index < -0.39 is 0 Å². The SMILES string of the molecule is CCCCC[C@H]1C(CC)CC(CCO)[C@@H]2CCCN12. The van der Waals surface area contributed by atoms with E-state index in [1.165, 1.54) is 57.9 Å². The van der Waals surface area contributed by atoms with Crippen LogP contribution in [0.15, 0.2) is 0 Å². The Bertz CT molecular complexity index is 256. The lowest BCUT2D eigenvalue weighted by molar-refractivity contribution is 0.0106. The number of nitrogens with zero attached hydrogens (tertiary/aromatic N) is 1. The minimum atomic E-state index is 0.381. The summed E-state index contributed by atoms with van der Waals surface area (Å²) >= 11 is 0. The van der Waals surface area contributed by atoms with Gasteiger partial charge in [-0.05, 0) is 50.5 Å². The van der Waals surface area contributed by atoms with Gasteiger partial charge in [0, 0.05) is 18.7 Å². The maximum absolute atomic E-state index is 9.32. The molecular formula is C17H33NO. The summed E-state index contributed by atoms with van der Waals surface area (Å²) in [6.07, 6.45) is 12.0. The summed E-state index contributed by atoms with van der Waals surface area (Å²) in [6, 6.07) is 1.64. The van der Waals surface area contributed by atoms with Gasteiger partial charge >= 0.3 is 0 Å². The van der Waals surface area contributed by atoms with E-state index in [1.807, 2.05) is 0 Å². The highest BCUT2D eigenvalue weighted by molar-refractivity contribution is 4.97. The molecule has 0 amide bonds. The molecule has 2 aliphatic rings. The second-order valence-electron chi connectivity index (χ2n) is 6.69. The molecule has 2 rings (SSSR count). The van der Waals surface area contributed by atoms with E-state index in [0.29, 0.717) is 6.61 Å². The van der Waals surface area contributed by atoms with Crippen LogP contribution in [-0.4, -0.2) is 35.2 Å². The molecule has 112 valence electrons. The predicted octanol–water partition coefficient (Wildman–Crippen LogP) is 3.83. The van der Waals surface area contributed by atoms with E-state index in [-0.39, 0.29) is 0 Å². The molecule has 0 aromatic carbocycles. The van der Waals surface area contributed by atoms with E-state index in [1.54, 1.807) is 0 Å². The van der Waals surface area contributed by atoms with Crippen LogP contribution >= 0.6 is 0 Å². The fraction of sp³-hybridized carbons (Fsp3) is 1.00. The summed E-state index contributed by atoms with van der Waals surface area (Å²) in [6.45, 7) is 6.36. The number of aliphatic hydroxyl groups is 1. The van der Waals surface area contributed by atoms with Gasteiger partial charge in [0.2, 0.25) is 0 Å². The van der Waals surface area contributed by atoms with Crippen LogP contribution in [0.2, 0.25) is 0 Å². The lowest BCUT2D eigenvalue weighted by Crippen LogP contribution is -2.52. The first-order chi connectivity index (χ1) is 9.31. The van der Waals surface area contributed by atoms with Crippen LogP contribution in [0, 0.1) is 11.8 Å². The second-order valence-corrected chi connectivity index (χ2v) is 6.69. The molecule has 0 radical (unpaired) electrons. The summed E-state index contributed by atoms with van der Waals surface area (Å²) in [7, 11) is 0. The van der Waals surface area contributed by atoms with Crippen molar-refractivity contribution in [3.8, 4) is 0 Å².